The van der Waals surface area contributed by atoms with E-state index in [1.54, 1.807) is 18.0 Å². The van der Waals surface area contributed by atoms with E-state index >= 15 is 0 Å². The molecule has 1 aromatic rings. The van der Waals surface area contributed by atoms with E-state index in [2.05, 4.69) is 5.32 Å². The fourth-order valence-corrected chi connectivity index (χ4v) is 2.10. The van der Waals surface area contributed by atoms with Crippen LogP contribution in [0.4, 0.5) is 5.69 Å². The van der Waals surface area contributed by atoms with Gasteiger partial charge in [-0.3, -0.25) is 9.59 Å². The number of nitrogens with one attached hydrogen (secondary N) is 1. The molecule has 5 nitrogen and oxygen atoms in total. The van der Waals surface area contributed by atoms with E-state index in [0.29, 0.717) is 6.54 Å². The molecule has 0 spiro atoms. The minimum atomic E-state index is -0.850. The second-order valence-electron chi connectivity index (χ2n) is 4.00. The highest BCUT2D eigenvalue weighted by Crippen LogP contribution is 2.35. The van der Waals surface area contributed by atoms with Gasteiger partial charge in [0.05, 0.1) is 6.54 Å². The molecule has 5 heteroatoms. The molecule has 1 atom stereocenters. The third kappa shape index (κ3) is 2.08. The summed E-state index contributed by atoms with van der Waals surface area (Å²) >= 11 is 0. The molecule has 0 bridgehead atoms. The maximum absolute atomic E-state index is 11.4. The van der Waals surface area contributed by atoms with Crippen molar-refractivity contribution in [2.45, 2.75) is 5.92 Å². The molecule has 0 aliphatic carbocycles. The van der Waals surface area contributed by atoms with Crippen LogP contribution in [0.2, 0.25) is 0 Å². The SMILES string of the molecule is CNC(=O)CN1CC(C(=O)O)c2ccccc21. The lowest BCUT2D eigenvalue weighted by atomic mass is 10.0. The van der Waals surface area contributed by atoms with Gasteiger partial charge < -0.3 is 15.3 Å². The lowest BCUT2D eigenvalue weighted by Crippen LogP contribution is -2.35. The molecule has 90 valence electrons. The monoisotopic (exact) mass is 234 g/mol. The number of hydrogen-bond acceptors (Lipinski definition) is 3. The standard InChI is InChI=1S/C12H14N2O3/c1-13-11(15)7-14-6-9(12(16)17)8-4-2-3-5-10(8)14/h2-5,9H,6-7H2,1H3,(H,13,15)(H,16,17). The quantitative estimate of drug-likeness (QED) is 0.795. The smallest absolute Gasteiger partial charge is 0.312 e. The van der Waals surface area contributed by atoms with Gasteiger partial charge in [-0.25, -0.2) is 0 Å². The third-order valence-electron chi connectivity index (χ3n) is 2.97. The molecule has 1 aliphatic rings. The van der Waals surface area contributed by atoms with Crippen molar-refractivity contribution in [2.24, 2.45) is 0 Å². The normalized spacial score (nSPS) is 17.7. The van der Waals surface area contributed by atoms with E-state index in [9.17, 15) is 9.59 Å². The number of aliphatic carboxylic acids is 1. The molecule has 0 saturated carbocycles. The van der Waals surface area contributed by atoms with Crippen LogP contribution in [-0.4, -0.2) is 37.1 Å². The number of carboxylic acid groups (broad SMARTS) is 1. The zero-order valence-corrected chi connectivity index (χ0v) is 9.51. The minimum Gasteiger partial charge on any atom is -0.481 e. The van der Waals surface area contributed by atoms with Crippen LogP contribution in [0.3, 0.4) is 0 Å². The second kappa shape index (κ2) is 4.45. The Hall–Kier alpha value is -2.04. The van der Waals surface area contributed by atoms with Gasteiger partial charge in [0.15, 0.2) is 0 Å². The predicted molar refractivity (Wildman–Crippen MR) is 63.1 cm³/mol. The van der Waals surface area contributed by atoms with Crippen LogP contribution in [0, 0.1) is 0 Å². The number of carbonyl (C=O) groups excluding carboxylic acids is 1. The highest BCUT2D eigenvalue weighted by Gasteiger charge is 2.33. The van der Waals surface area contributed by atoms with E-state index in [1.165, 1.54) is 0 Å². The van der Waals surface area contributed by atoms with Crippen molar-refractivity contribution in [1.82, 2.24) is 5.32 Å². The summed E-state index contributed by atoms with van der Waals surface area (Å²) < 4.78 is 0. The molecule has 0 radical (unpaired) electrons. The number of rotatable bonds is 3. The fourth-order valence-electron chi connectivity index (χ4n) is 2.10. The molecule has 1 heterocycles. The van der Waals surface area contributed by atoms with E-state index in [4.69, 9.17) is 5.11 Å². The van der Waals surface area contributed by atoms with Crippen molar-refractivity contribution in [2.75, 3.05) is 25.0 Å². The summed E-state index contributed by atoms with van der Waals surface area (Å²) in [6.45, 7) is 0.541. The van der Waals surface area contributed by atoms with Crippen LogP contribution in [0.15, 0.2) is 24.3 Å². The van der Waals surface area contributed by atoms with Gasteiger partial charge in [0.25, 0.3) is 0 Å². The zero-order valence-electron chi connectivity index (χ0n) is 9.51. The first-order valence-corrected chi connectivity index (χ1v) is 5.40. The summed E-state index contributed by atoms with van der Waals surface area (Å²) in [6, 6.07) is 7.32. The Morgan fingerprint density at radius 3 is 2.82 bits per heavy atom. The number of para-hydroxylation sites is 1. The van der Waals surface area contributed by atoms with E-state index in [1.807, 2.05) is 18.2 Å². The number of hydrogen-bond donors (Lipinski definition) is 2. The van der Waals surface area contributed by atoms with Gasteiger partial charge in [0.1, 0.15) is 5.92 Å². The minimum absolute atomic E-state index is 0.120. The summed E-state index contributed by atoms with van der Waals surface area (Å²) in [5.41, 5.74) is 1.62. The first-order valence-electron chi connectivity index (χ1n) is 5.40. The zero-order chi connectivity index (χ0) is 12.4. The number of carboxylic acids is 1. The van der Waals surface area contributed by atoms with Crippen LogP contribution in [-0.2, 0) is 9.59 Å². The van der Waals surface area contributed by atoms with Crippen LogP contribution < -0.4 is 10.2 Å². The molecule has 1 aromatic carbocycles. The van der Waals surface area contributed by atoms with Gasteiger partial charge in [-0.2, -0.15) is 0 Å². The number of anilines is 1. The van der Waals surface area contributed by atoms with E-state index < -0.39 is 11.9 Å². The number of benzene rings is 1. The summed E-state index contributed by atoms with van der Waals surface area (Å²) in [6.07, 6.45) is 0. The van der Waals surface area contributed by atoms with Crippen molar-refractivity contribution in [3.8, 4) is 0 Å². The van der Waals surface area contributed by atoms with E-state index in [-0.39, 0.29) is 12.5 Å². The van der Waals surface area contributed by atoms with Gasteiger partial charge in [0.2, 0.25) is 5.91 Å². The number of amides is 1. The van der Waals surface area contributed by atoms with Crippen molar-refractivity contribution in [3.05, 3.63) is 29.8 Å². The van der Waals surface area contributed by atoms with Crippen molar-refractivity contribution in [1.29, 1.82) is 0 Å². The molecule has 1 unspecified atom stereocenters. The van der Waals surface area contributed by atoms with Gasteiger partial charge in [-0.1, -0.05) is 18.2 Å². The van der Waals surface area contributed by atoms with Crippen molar-refractivity contribution in [3.63, 3.8) is 0 Å². The molecule has 1 amide bonds. The topological polar surface area (TPSA) is 69.6 Å². The number of likely N-dealkylation sites (N-methyl/N-ethyl adjacent to an activating group) is 1. The summed E-state index contributed by atoms with van der Waals surface area (Å²) in [7, 11) is 1.57. The number of fused-ring (bicyclic) bond motifs is 1. The molecule has 17 heavy (non-hydrogen) atoms. The third-order valence-corrected chi connectivity index (χ3v) is 2.97. The van der Waals surface area contributed by atoms with Crippen molar-refractivity contribution < 1.29 is 14.7 Å². The molecule has 1 aliphatic heterocycles. The average Bonchev–Trinajstić information content (AvgIpc) is 2.68. The highest BCUT2D eigenvalue weighted by molar-refractivity contribution is 5.87. The maximum Gasteiger partial charge on any atom is 0.312 e. The van der Waals surface area contributed by atoms with Gasteiger partial charge in [0, 0.05) is 19.3 Å². The molecular formula is C12H14N2O3. The summed E-state index contributed by atoms with van der Waals surface area (Å²) in [5.74, 6) is -1.52. The number of carbonyl (C=O) groups is 2. The Morgan fingerprint density at radius 2 is 2.18 bits per heavy atom. The summed E-state index contributed by atoms with van der Waals surface area (Å²) in [5, 5.41) is 11.7. The van der Waals surface area contributed by atoms with Crippen molar-refractivity contribution >= 4 is 17.6 Å². The van der Waals surface area contributed by atoms with Gasteiger partial charge >= 0.3 is 5.97 Å². The Bertz CT molecular complexity index is 459. The molecular weight excluding hydrogens is 220 g/mol. The summed E-state index contributed by atoms with van der Waals surface area (Å²) in [4.78, 5) is 24.3. The van der Waals surface area contributed by atoms with Crippen LogP contribution in [0.1, 0.15) is 11.5 Å². The van der Waals surface area contributed by atoms with Gasteiger partial charge in [-0.05, 0) is 11.6 Å². The Kier molecular flexibility index (Phi) is 2.99. The Morgan fingerprint density at radius 1 is 1.47 bits per heavy atom. The predicted octanol–water partition coefficient (Wildman–Crippen LogP) is 0.421. The Balaban J connectivity index is 2.28. The maximum atomic E-state index is 11.4. The van der Waals surface area contributed by atoms with Crippen LogP contribution in [0.5, 0.6) is 0 Å². The second-order valence-corrected chi connectivity index (χ2v) is 4.00. The fraction of sp³-hybridized carbons (Fsp3) is 0.333. The molecule has 0 fully saturated rings. The largest absolute Gasteiger partial charge is 0.481 e. The molecule has 0 saturated heterocycles. The molecule has 2 rings (SSSR count). The van der Waals surface area contributed by atoms with Gasteiger partial charge in [-0.15, -0.1) is 0 Å². The Labute approximate surface area is 99.0 Å². The molecule has 2 N–H and O–H groups in total. The average molecular weight is 234 g/mol. The lowest BCUT2D eigenvalue weighted by molar-refractivity contribution is -0.138. The first kappa shape index (κ1) is 11.4. The van der Waals surface area contributed by atoms with Crippen LogP contribution >= 0.6 is 0 Å². The van der Waals surface area contributed by atoms with E-state index in [0.717, 1.165) is 11.3 Å². The van der Waals surface area contributed by atoms with Crippen LogP contribution in [0.25, 0.3) is 0 Å². The lowest BCUT2D eigenvalue weighted by Gasteiger charge is -2.18. The highest BCUT2D eigenvalue weighted by atomic mass is 16.4. The molecule has 0 aromatic heterocycles. The first-order chi connectivity index (χ1) is 8.13. The number of nitrogens with zero attached hydrogens (tertiary/aromatic N) is 1.